The van der Waals surface area contributed by atoms with Crippen molar-refractivity contribution in [3.8, 4) is 5.69 Å². The van der Waals surface area contributed by atoms with Crippen LogP contribution in [0.15, 0.2) is 59.7 Å². The van der Waals surface area contributed by atoms with Crippen molar-refractivity contribution in [2.24, 2.45) is 0 Å². The summed E-state index contributed by atoms with van der Waals surface area (Å²) >= 11 is 2.16. The topological polar surface area (TPSA) is 93.5 Å². The second-order valence-corrected chi connectivity index (χ2v) is 8.67. The molecule has 0 aliphatic carbocycles. The Morgan fingerprint density at radius 1 is 1.10 bits per heavy atom. The third kappa shape index (κ3) is 3.18. The molecule has 31 heavy (non-hydrogen) atoms. The number of rotatable bonds is 3. The molecule has 0 bridgehead atoms. The highest BCUT2D eigenvalue weighted by molar-refractivity contribution is 14.1. The fraction of sp³-hybridized carbons (Fsp3) is 0.130. The van der Waals surface area contributed by atoms with Crippen LogP contribution in [-0.4, -0.2) is 19.7 Å². The Kier molecular flexibility index (Phi) is 4.73. The lowest BCUT2D eigenvalue weighted by Gasteiger charge is -2.17. The van der Waals surface area contributed by atoms with Gasteiger partial charge >= 0.3 is 5.65 Å². The van der Waals surface area contributed by atoms with E-state index >= 15 is 0 Å². The first-order chi connectivity index (χ1) is 15.0. The number of aryl methyl sites for hydroxylation is 2. The van der Waals surface area contributed by atoms with Gasteiger partial charge < -0.3 is 5.73 Å². The number of aromatic amines is 1. The van der Waals surface area contributed by atoms with E-state index < -0.39 is 0 Å². The second kappa shape index (κ2) is 7.45. The number of nitrogens with zero attached hydrogens (tertiary/aromatic N) is 4. The van der Waals surface area contributed by atoms with Crippen LogP contribution in [0.3, 0.4) is 0 Å². The van der Waals surface area contributed by atoms with E-state index in [1.165, 1.54) is 0 Å². The molecule has 5 aromatic rings. The van der Waals surface area contributed by atoms with Crippen molar-refractivity contribution >= 4 is 50.2 Å². The minimum Gasteiger partial charge on any atom is -0.369 e. The summed E-state index contributed by atoms with van der Waals surface area (Å²) in [4.78, 5) is 18.1. The average Bonchev–Trinajstić information content (AvgIpc) is 3.14. The number of nitrogens with two attached hydrogens (primary N) is 1. The third-order valence-corrected chi connectivity index (χ3v) is 6.37. The van der Waals surface area contributed by atoms with E-state index in [-0.39, 0.29) is 5.56 Å². The highest BCUT2D eigenvalue weighted by Gasteiger charge is 2.21. The minimum absolute atomic E-state index is 0.0308. The molecule has 3 N–H and O–H groups in total. The summed E-state index contributed by atoms with van der Waals surface area (Å²) in [6, 6.07) is 15.9. The number of nitrogen functional groups attached to an aromatic ring is 1. The summed E-state index contributed by atoms with van der Waals surface area (Å²) in [6.45, 7) is 4.40. The molecule has 0 unspecified atom stereocenters. The molecule has 0 aliphatic heterocycles. The normalized spacial score (nSPS) is 11.5. The molecular weight excluding hydrogens is 503 g/mol. The Morgan fingerprint density at radius 2 is 1.87 bits per heavy atom. The number of fused-ring (bicyclic) bond motifs is 2. The first-order valence-electron chi connectivity index (χ1n) is 9.83. The van der Waals surface area contributed by atoms with Crippen LogP contribution >= 0.6 is 22.6 Å². The highest BCUT2D eigenvalue weighted by Crippen LogP contribution is 2.22. The van der Waals surface area contributed by atoms with Gasteiger partial charge in [0.1, 0.15) is 15.6 Å². The molecule has 0 atom stereocenters. The third-order valence-electron chi connectivity index (χ3n) is 5.59. The summed E-state index contributed by atoms with van der Waals surface area (Å²) in [5, 5.41) is 9.82. The van der Waals surface area contributed by atoms with E-state index in [1.54, 1.807) is 10.9 Å². The maximum Gasteiger partial charge on any atom is 0.301 e. The number of pyridine rings is 1. The lowest BCUT2D eigenvalue weighted by molar-refractivity contribution is -0.667. The highest BCUT2D eigenvalue weighted by atomic mass is 127. The van der Waals surface area contributed by atoms with Gasteiger partial charge in [-0.1, -0.05) is 41.4 Å². The van der Waals surface area contributed by atoms with Gasteiger partial charge in [-0.25, -0.2) is 9.67 Å². The Labute approximate surface area is 191 Å². The van der Waals surface area contributed by atoms with Gasteiger partial charge in [-0.15, -0.1) is 0 Å². The molecule has 3 aromatic heterocycles. The quantitative estimate of drug-likeness (QED) is 0.280. The second-order valence-electron chi connectivity index (χ2n) is 7.60. The van der Waals surface area contributed by atoms with E-state index in [9.17, 15) is 4.79 Å². The van der Waals surface area contributed by atoms with E-state index in [4.69, 9.17) is 5.73 Å². The molecule has 0 spiro atoms. The van der Waals surface area contributed by atoms with Crippen molar-refractivity contribution in [1.29, 1.82) is 0 Å². The van der Waals surface area contributed by atoms with Crippen LogP contribution in [0.2, 0.25) is 0 Å². The maximum absolute atomic E-state index is 13.7. The van der Waals surface area contributed by atoms with Gasteiger partial charge in [0.25, 0.3) is 5.56 Å². The number of aromatic nitrogens is 5. The molecule has 2 aromatic carbocycles. The van der Waals surface area contributed by atoms with Crippen molar-refractivity contribution in [2.45, 2.75) is 20.4 Å². The number of hydrogen-bond acceptors (Lipinski definition) is 4. The monoisotopic (exact) mass is 523 g/mol. The lowest BCUT2D eigenvalue weighted by Crippen LogP contribution is -2.39. The summed E-state index contributed by atoms with van der Waals surface area (Å²) in [5.41, 5.74) is 10.4. The predicted molar refractivity (Wildman–Crippen MR) is 129 cm³/mol. The fourth-order valence-electron chi connectivity index (χ4n) is 4.07. The molecule has 0 aliphatic rings. The van der Waals surface area contributed by atoms with Gasteiger partial charge in [0, 0.05) is 0 Å². The summed E-state index contributed by atoms with van der Waals surface area (Å²) in [6.07, 6.45) is 1.67. The van der Waals surface area contributed by atoms with Crippen LogP contribution in [-0.2, 0) is 6.54 Å². The number of hydrogen-bond donors (Lipinski definition) is 2. The zero-order valence-corrected chi connectivity index (χ0v) is 19.2. The number of anilines is 1. The molecule has 0 fully saturated rings. The molecular formula is C23H20IN6O+. The summed E-state index contributed by atoms with van der Waals surface area (Å²) < 4.78 is 4.55. The summed E-state index contributed by atoms with van der Waals surface area (Å²) in [7, 11) is 0. The average molecular weight is 523 g/mol. The van der Waals surface area contributed by atoms with Gasteiger partial charge in [-0.3, -0.25) is 9.36 Å². The van der Waals surface area contributed by atoms with Crippen LogP contribution in [0, 0.1) is 17.5 Å². The first-order valence-corrected chi connectivity index (χ1v) is 10.9. The number of para-hydroxylation sites is 1. The zero-order valence-electron chi connectivity index (χ0n) is 17.1. The first kappa shape index (κ1) is 19.7. The van der Waals surface area contributed by atoms with Crippen LogP contribution < -0.4 is 15.9 Å². The van der Waals surface area contributed by atoms with Gasteiger partial charge in [0.2, 0.25) is 12.1 Å². The fourth-order valence-corrected chi connectivity index (χ4v) is 4.71. The van der Waals surface area contributed by atoms with Crippen molar-refractivity contribution < 1.29 is 4.57 Å². The van der Waals surface area contributed by atoms with E-state index in [0.29, 0.717) is 18.0 Å². The molecule has 3 heterocycles. The molecule has 8 heteroatoms. The van der Waals surface area contributed by atoms with E-state index in [0.717, 1.165) is 42.4 Å². The van der Waals surface area contributed by atoms with Crippen molar-refractivity contribution in [1.82, 2.24) is 19.7 Å². The number of H-pyrrole nitrogens is 1. The molecule has 154 valence electrons. The molecule has 0 saturated heterocycles. The van der Waals surface area contributed by atoms with Gasteiger partial charge in [-0.05, 0) is 70.2 Å². The number of nitrogens with one attached hydrogen (secondary N) is 1. The van der Waals surface area contributed by atoms with Crippen LogP contribution in [0.1, 0.15) is 16.8 Å². The maximum atomic E-state index is 13.7. The predicted octanol–water partition coefficient (Wildman–Crippen LogP) is 3.40. The Balaban J connectivity index is 1.82. The van der Waals surface area contributed by atoms with Crippen molar-refractivity contribution in [3.05, 3.63) is 85.7 Å². The molecule has 5 rings (SSSR count). The Hall–Kier alpha value is -3.27. The van der Waals surface area contributed by atoms with Crippen molar-refractivity contribution in [2.75, 3.05) is 5.73 Å². The van der Waals surface area contributed by atoms with Crippen LogP contribution in [0.5, 0.6) is 0 Å². The van der Waals surface area contributed by atoms with Crippen LogP contribution in [0.25, 0.3) is 27.5 Å². The van der Waals surface area contributed by atoms with E-state index in [2.05, 4.69) is 43.8 Å². The standard InChI is InChI=1S/C23H19IN6O/c1-13-6-3-4-9-17(13)30-16(10-15-8-5-7-14(2)18(15)23(30)31)11-29-12-26-21(25)19-20(24)27-28-22(19)29/h3-10,12H,11H2,1-2H3,(H2,25,27,28)/p+1. The zero-order chi connectivity index (χ0) is 21.7. The van der Waals surface area contributed by atoms with Gasteiger partial charge in [-0.2, -0.15) is 0 Å². The summed E-state index contributed by atoms with van der Waals surface area (Å²) in [5.74, 6) is 0.426. The number of benzene rings is 2. The van der Waals surface area contributed by atoms with Crippen molar-refractivity contribution in [3.63, 3.8) is 0 Å². The Bertz CT molecular complexity index is 1540. The van der Waals surface area contributed by atoms with Gasteiger partial charge in [0.05, 0.1) is 16.8 Å². The van der Waals surface area contributed by atoms with Gasteiger partial charge in [0.15, 0.2) is 0 Å². The largest absolute Gasteiger partial charge is 0.369 e. The Morgan fingerprint density at radius 3 is 2.68 bits per heavy atom. The number of halogens is 1. The molecule has 0 radical (unpaired) electrons. The minimum atomic E-state index is -0.0308. The van der Waals surface area contributed by atoms with Crippen LogP contribution in [0.4, 0.5) is 5.82 Å². The molecule has 7 nitrogen and oxygen atoms in total. The lowest BCUT2D eigenvalue weighted by atomic mass is 10.1. The smallest absolute Gasteiger partial charge is 0.301 e. The SMILES string of the molecule is Cc1ccccc1-n1c(C[n+]2cnc(N)c3c(I)[nH]nc32)cc2cccc(C)c2c1=O. The van der Waals surface area contributed by atoms with E-state index in [1.807, 2.05) is 60.9 Å². The molecule has 0 amide bonds. The molecule has 0 saturated carbocycles.